The molecule has 7 nitrogen and oxygen atoms in total. The fraction of sp³-hybridized carbons (Fsp3) is 0.174. The van der Waals surface area contributed by atoms with E-state index >= 15 is 0 Å². The van der Waals surface area contributed by atoms with Crippen LogP contribution in [0.4, 0.5) is 5.69 Å². The molecule has 30 heavy (non-hydrogen) atoms. The predicted octanol–water partition coefficient (Wildman–Crippen LogP) is 3.25. The highest BCUT2D eigenvalue weighted by Crippen LogP contribution is 2.22. The summed E-state index contributed by atoms with van der Waals surface area (Å²) in [6, 6.07) is 16.9. The molecular formula is C23H21N3O4. The van der Waals surface area contributed by atoms with Gasteiger partial charge in [0.25, 0.3) is 0 Å². The van der Waals surface area contributed by atoms with E-state index in [1.807, 2.05) is 41.3 Å². The van der Waals surface area contributed by atoms with Crippen molar-refractivity contribution in [1.29, 1.82) is 0 Å². The van der Waals surface area contributed by atoms with Crippen LogP contribution in [-0.4, -0.2) is 41.8 Å². The largest absolute Gasteiger partial charge is 0.480 e. The van der Waals surface area contributed by atoms with Crippen LogP contribution in [0.25, 0.3) is 0 Å². The molecule has 0 aliphatic carbocycles. The molecule has 0 aliphatic rings. The highest BCUT2D eigenvalue weighted by atomic mass is 16.5. The first-order valence-electron chi connectivity index (χ1n) is 9.17. The lowest BCUT2D eigenvalue weighted by Crippen LogP contribution is -2.25. The lowest BCUT2D eigenvalue weighted by Gasteiger charge is -2.24. The SMILES string of the molecule is COc1ncc(C#CCN(Cc2ccccc2)c2ccccc2C(=O)O)c(OC)n1. The van der Waals surface area contributed by atoms with E-state index in [1.54, 1.807) is 18.2 Å². The van der Waals surface area contributed by atoms with Crippen molar-refractivity contribution in [3.8, 4) is 23.7 Å². The minimum Gasteiger partial charge on any atom is -0.480 e. The van der Waals surface area contributed by atoms with Crippen molar-refractivity contribution < 1.29 is 19.4 Å². The third kappa shape index (κ3) is 5.06. The van der Waals surface area contributed by atoms with Crippen LogP contribution in [0.5, 0.6) is 11.9 Å². The molecular weight excluding hydrogens is 382 g/mol. The summed E-state index contributed by atoms with van der Waals surface area (Å²) in [6.45, 7) is 0.810. The van der Waals surface area contributed by atoms with E-state index in [9.17, 15) is 9.90 Å². The van der Waals surface area contributed by atoms with Crippen molar-refractivity contribution in [2.45, 2.75) is 6.54 Å². The molecule has 0 unspecified atom stereocenters. The van der Waals surface area contributed by atoms with Gasteiger partial charge in [-0.1, -0.05) is 54.3 Å². The van der Waals surface area contributed by atoms with Gasteiger partial charge in [0.05, 0.1) is 38.2 Å². The summed E-state index contributed by atoms with van der Waals surface area (Å²) in [4.78, 5) is 21.8. The maximum Gasteiger partial charge on any atom is 0.337 e. The topological polar surface area (TPSA) is 84.8 Å². The smallest absolute Gasteiger partial charge is 0.337 e. The second-order valence-electron chi connectivity index (χ2n) is 6.25. The first-order chi connectivity index (χ1) is 14.6. The van der Waals surface area contributed by atoms with Crippen LogP contribution in [0.2, 0.25) is 0 Å². The standard InChI is InChI=1S/C23H21N3O4/c1-29-21-18(15-24-23(25-21)30-2)11-8-14-26(16-17-9-4-3-5-10-17)20-13-7-6-12-19(20)22(27)28/h3-7,9-10,12-13,15H,14,16H2,1-2H3,(H,27,28). The van der Waals surface area contributed by atoms with E-state index in [0.717, 1.165) is 5.56 Å². The quantitative estimate of drug-likeness (QED) is 0.606. The minimum absolute atomic E-state index is 0.193. The van der Waals surface area contributed by atoms with Gasteiger partial charge in [-0.25, -0.2) is 9.78 Å². The maximum atomic E-state index is 11.7. The van der Waals surface area contributed by atoms with E-state index in [1.165, 1.54) is 20.4 Å². The van der Waals surface area contributed by atoms with E-state index < -0.39 is 5.97 Å². The molecule has 0 amide bonds. The Morgan fingerprint density at radius 2 is 1.80 bits per heavy atom. The number of carboxylic acid groups (broad SMARTS) is 1. The first-order valence-corrected chi connectivity index (χ1v) is 9.17. The van der Waals surface area contributed by atoms with Crippen molar-refractivity contribution in [2.75, 3.05) is 25.7 Å². The molecule has 0 atom stereocenters. The number of carbonyl (C=O) groups is 1. The van der Waals surface area contributed by atoms with E-state index in [2.05, 4.69) is 21.8 Å². The van der Waals surface area contributed by atoms with Crippen molar-refractivity contribution in [3.63, 3.8) is 0 Å². The van der Waals surface area contributed by atoms with Crippen molar-refractivity contribution in [1.82, 2.24) is 9.97 Å². The zero-order valence-electron chi connectivity index (χ0n) is 16.7. The fourth-order valence-corrected chi connectivity index (χ4v) is 2.88. The Balaban J connectivity index is 1.92. The Bertz CT molecular complexity index is 1070. The van der Waals surface area contributed by atoms with Crippen molar-refractivity contribution in [3.05, 3.63) is 77.5 Å². The summed E-state index contributed by atoms with van der Waals surface area (Å²) in [7, 11) is 2.97. The number of ether oxygens (including phenoxy) is 2. The highest BCUT2D eigenvalue weighted by Gasteiger charge is 2.15. The third-order valence-corrected chi connectivity index (χ3v) is 4.29. The molecule has 1 N–H and O–H groups in total. The molecule has 0 aliphatic heterocycles. The summed E-state index contributed by atoms with van der Waals surface area (Å²) in [5.41, 5.74) is 2.39. The van der Waals surface area contributed by atoms with Gasteiger partial charge in [-0.15, -0.1) is 0 Å². The fourth-order valence-electron chi connectivity index (χ4n) is 2.88. The van der Waals surface area contributed by atoms with Gasteiger partial charge in [0.15, 0.2) is 0 Å². The zero-order valence-corrected chi connectivity index (χ0v) is 16.7. The third-order valence-electron chi connectivity index (χ3n) is 4.29. The van der Waals surface area contributed by atoms with E-state index in [0.29, 0.717) is 30.2 Å². The van der Waals surface area contributed by atoms with Gasteiger partial charge in [-0.3, -0.25) is 0 Å². The number of aromatic carboxylic acids is 1. The predicted molar refractivity (Wildman–Crippen MR) is 113 cm³/mol. The van der Waals surface area contributed by atoms with Gasteiger partial charge in [0, 0.05) is 6.54 Å². The van der Waals surface area contributed by atoms with Crippen molar-refractivity contribution in [2.24, 2.45) is 0 Å². The van der Waals surface area contributed by atoms with Gasteiger partial charge in [-0.05, 0) is 17.7 Å². The number of methoxy groups -OCH3 is 2. The van der Waals surface area contributed by atoms with Gasteiger partial charge in [0.2, 0.25) is 5.88 Å². The molecule has 3 aromatic rings. The Morgan fingerprint density at radius 1 is 1.07 bits per heavy atom. The lowest BCUT2D eigenvalue weighted by molar-refractivity contribution is 0.0697. The molecule has 152 valence electrons. The molecule has 0 spiro atoms. The van der Waals surface area contributed by atoms with E-state index in [-0.39, 0.29) is 11.6 Å². The molecule has 0 bridgehead atoms. The average Bonchev–Trinajstić information content (AvgIpc) is 2.79. The van der Waals surface area contributed by atoms with Crippen molar-refractivity contribution >= 4 is 11.7 Å². The summed E-state index contributed by atoms with van der Waals surface area (Å²) < 4.78 is 10.3. The summed E-state index contributed by atoms with van der Waals surface area (Å²) in [5.74, 6) is 5.42. The first kappa shape index (κ1) is 20.7. The number of benzene rings is 2. The molecule has 1 aromatic heterocycles. The van der Waals surface area contributed by atoms with Gasteiger partial charge < -0.3 is 19.5 Å². The molecule has 7 heteroatoms. The number of carboxylic acids is 1. The monoisotopic (exact) mass is 403 g/mol. The molecule has 1 heterocycles. The van der Waals surface area contributed by atoms with Crippen LogP contribution in [0, 0.1) is 11.8 Å². The van der Waals surface area contributed by atoms with Crippen LogP contribution >= 0.6 is 0 Å². The maximum absolute atomic E-state index is 11.7. The zero-order chi connectivity index (χ0) is 21.3. The molecule has 0 radical (unpaired) electrons. The minimum atomic E-state index is -0.984. The lowest BCUT2D eigenvalue weighted by atomic mass is 10.1. The van der Waals surface area contributed by atoms with Crippen LogP contribution < -0.4 is 14.4 Å². The van der Waals surface area contributed by atoms with Crippen LogP contribution in [0.3, 0.4) is 0 Å². The number of rotatable bonds is 7. The second kappa shape index (κ2) is 9.94. The molecule has 3 rings (SSSR count). The molecule has 2 aromatic carbocycles. The summed E-state index contributed by atoms with van der Waals surface area (Å²) in [6.07, 6.45) is 1.53. The Hall–Kier alpha value is -4.05. The Kier molecular flexibility index (Phi) is 6.85. The molecule has 0 fully saturated rings. The van der Waals surface area contributed by atoms with Gasteiger partial charge >= 0.3 is 12.0 Å². The normalized spacial score (nSPS) is 9.93. The Morgan fingerprint density at radius 3 is 2.50 bits per heavy atom. The average molecular weight is 403 g/mol. The number of hydrogen-bond donors (Lipinski definition) is 1. The summed E-state index contributed by atoms with van der Waals surface area (Å²) in [5, 5.41) is 9.59. The van der Waals surface area contributed by atoms with Crippen LogP contribution in [-0.2, 0) is 6.54 Å². The highest BCUT2D eigenvalue weighted by molar-refractivity contribution is 5.94. The second-order valence-corrected chi connectivity index (χ2v) is 6.25. The van der Waals surface area contributed by atoms with Crippen LogP contribution in [0.1, 0.15) is 21.5 Å². The molecule has 0 saturated heterocycles. The Labute approximate surface area is 174 Å². The van der Waals surface area contributed by atoms with Crippen LogP contribution in [0.15, 0.2) is 60.8 Å². The van der Waals surface area contributed by atoms with Gasteiger partial charge in [-0.2, -0.15) is 4.98 Å². The summed E-state index contributed by atoms with van der Waals surface area (Å²) >= 11 is 0. The number of nitrogens with zero attached hydrogens (tertiary/aromatic N) is 3. The number of para-hydroxylation sites is 1. The number of hydrogen-bond acceptors (Lipinski definition) is 6. The molecule has 0 saturated carbocycles. The number of anilines is 1. The number of aromatic nitrogens is 2. The van der Waals surface area contributed by atoms with E-state index in [4.69, 9.17) is 9.47 Å². The van der Waals surface area contributed by atoms with Gasteiger partial charge in [0.1, 0.15) is 5.56 Å².